The summed E-state index contributed by atoms with van der Waals surface area (Å²) in [6, 6.07) is 11.6. The molecule has 0 saturated carbocycles. The van der Waals surface area contributed by atoms with Crippen molar-refractivity contribution in [1.29, 1.82) is 0 Å². The van der Waals surface area contributed by atoms with E-state index in [1.54, 1.807) is 6.07 Å². The highest BCUT2D eigenvalue weighted by Gasteiger charge is 2.17. The first kappa shape index (κ1) is 15.7. The third kappa shape index (κ3) is 3.96. The zero-order valence-corrected chi connectivity index (χ0v) is 13.7. The molecule has 0 aliphatic carbocycles. The van der Waals surface area contributed by atoms with Crippen LogP contribution in [0, 0.1) is 6.92 Å². The summed E-state index contributed by atoms with van der Waals surface area (Å²) >= 11 is 6.18. The number of halogens is 1. The zero-order valence-electron chi connectivity index (χ0n) is 12.9. The van der Waals surface area contributed by atoms with E-state index in [0.717, 1.165) is 11.1 Å². The predicted octanol–water partition coefficient (Wildman–Crippen LogP) is 3.28. The van der Waals surface area contributed by atoms with Gasteiger partial charge < -0.3 is 14.8 Å². The molecule has 2 aromatic carbocycles. The Kier molecular flexibility index (Phi) is 4.72. The van der Waals surface area contributed by atoms with Crippen LogP contribution in [-0.2, 0) is 17.8 Å². The standard InChI is InChI=1S/C18H18ClNO3/c1-12-3-2-4-13(7-12)11-20-17(21)10-14-8-15(19)18-16(9-14)22-5-6-23-18/h2-4,7-9H,5-6,10-11H2,1H3,(H,20,21). The lowest BCUT2D eigenvalue weighted by atomic mass is 10.1. The molecule has 5 heteroatoms. The van der Waals surface area contributed by atoms with Crippen molar-refractivity contribution in [2.45, 2.75) is 19.9 Å². The van der Waals surface area contributed by atoms with Gasteiger partial charge in [-0.1, -0.05) is 41.4 Å². The van der Waals surface area contributed by atoms with Crippen molar-refractivity contribution in [3.63, 3.8) is 0 Å². The summed E-state index contributed by atoms with van der Waals surface area (Å²) in [4.78, 5) is 12.1. The fourth-order valence-corrected chi connectivity index (χ4v) is 2.82. The lowest BCUT2D eigenvalue weighted by molar-refractivity contribution is -0.120. The molecule has 0 atom stereocenters. The second-order valence-electron chi connectivity index (χ2n) is 5.54. The molecule has 1 aliphatic rings. The minimum Gasteiger partial charge on any atom is -0.486 e. The van der Waals surface area contributed by atoms with Crippen LogP contribution in [0.15, 0.2) is 36.4 Å². The maximum absolute atomic E-state index is 12.1. The number of nitrogens with one attached hydrogen (secondary N) is 1. The zero-order chi connectivity index (χ0) is 16.2. The van der Waals surface area contributed by atoms with Crippen molar-refractivity contribution in [1.82, 2.24) is 5.32 Å². The van der Waals surface area contributed by atoms with E-state index in [-0.39, 0.29) is 12.3 Å². The molecule has 0 unspecified atom stereocenters. The molecule has 3 rings (SSSR count). The number of carbonyl (C=O) groups is 1. The number of amides is 1. The van der Waals surface area contributed by atoms with Gasteiger partial charge >= 0.3 is 0 Å². The minimum absolute atomic E-state index is 0.0562. The molecule has 120 valence electrons. The first-order valence-electron chi connectivity index (χ1n) is 7.52. The van der Waals surface area contributed by atoms with Crippen LogP contribution in [0.5, 0.6) is 11.5 Å². The van der Waals surface area contributed by atoms with Crippen LogP contribution in [0.25, 0.3) is 0 Å². The summed E-state index contributed by atoms with van der Waals surface area (Å²) in [7, 11) is 0. The fraction of sp³-hybridized carbons (Fsp3) is 0.278. The number of ether oxygens (including phenoxy) is 2. The molecule has 1 amide bonds. The van der Waals surface area contributed by atoms with E-state index < -0.39 is 0 Å². The number of hydrogen-bond acceptors (Lipinski definition) is 3. The second-order valence-corrected chi connectivity index (χ2v) is 5.95. The van der Waals surface area contributed by atoms with Crippen LogP contribution in [0.2, 0.25) is 5.02 Å². The van der Waals surface area contributed by atoms with E-state index in [1.165, 1.54) is 5.56 Å². The molecule has 0 bridgehead atoms. The summed E-state index contributed by atoms with van der Waals surface area (Å²) in [5.41, 5.74) is 3.06. The lowest BCUT2D eigenvalue weighted by Gasteiger charge is -2.20. The van der Waals surface area contributed by atoms with Gasteiger partial charge in [0.2, 0.25) is 5.91 Å². The van der Waals surface area contributed by atoms with Crippen molar-refractivity contribution in [2.75, 3.05) is 13.2 Å². The summed E-state index contributed by atoms with van der Waals surface area (Å²) in [5, 5.41) is 3.40. The topological polar surface area (TPSA) is 47.6 Å². The summed E-state index contributed by atoms with van der Waals surface area (Å²) < 4.78 is 11.0. The fourth-order valence-electron chi connectivity index (χ4n) is 2.54. The maximum atomic E-state index is 12.1. The van der Waals surface area contributed by atoms with Gasteiger partial charge in [-0.3, -0.25) is 4.79 Å². The lowest BCUT2D eigenvalue weighted by Crippen LogP contribution is -2.24. The predicted molar refractivity (Wildman–Crippen MR) is 89.2 cm³/mol. The molecule has 23 heavy (non-hydrogen) atoms. The van der Waals surface area contributed by atoms with Gasteiger partial charge in [0.1, 0.15) is 13.2 Å². The SMILES string of the molecule is Cc1cccc(CNC(=O)Cc2cc(Cl)c3c(c2)OCCO3)c1. The highest BCUT2D eigenvalue weighted by Crippen LogP contribution is 2.38. The summed E-state index contributed by atoms with van der Waals surface area (Å²) in [6.45, 7) is 3.52. The van der Waals surface area contributed by atoms with E-state index in [1.807, 2.05) is 31.2 Å². The van der Waals surface area contributed by atoms with Crippen molar-refractivity contribution in [3.05, 3.63) is 58.1 Å². The van der Waals surface area contributed by atoms with E-state index in [4.69, 9.17) is 21.1 Å². The molecule has 1 aliphatic heterocycles. The van der Waals surface area contributed by atoms with Gasteiger partial charge in [0.25, 0.3) is 0 Å². The summed E-state index contributed by atoms with van der Waals surface area (Å²) in [6.07, 6.45) is 0.252. The van der Waals surface area contributed by atoms with Crippen molar-refractivity contribution < 1.29 is 14.3 Å². The molecular weight excluding hydrogens is 314 g/mol. The van der Waals surface area contributed by atoms with Crippen LogP contribution in [0.3, 0.4) is 0 Å². The van der Waals surface area contributed by atoms with Gasteiger partial charge in [-0.05, 0) is 30.2 Å². The Hall–Kier alpha value is -2.20. The molecule has 0 radical (unpaired) electrons. The third-order valence-electron chi connectivity index (χ3n) is 3.59. The van der Waals surface area contributed by atoms with E-state index in [0.29, 0.717) is 36.3 Å². The Morgan fingerprint density at radius 2 is 2.00 bits per heavy atom. The molecule has 0 fully saturated rings. The van der Waals surface area contributed by atoms with Gasteiger partial charge in [-0.25, -0.2) is 0 Å². The summed E-state index contributed by atoms with van der Waals surface area (Å²) in [5.74, 6) is 1.10. The maximum Gasteiger partial charge on any atom is 0.224 e. The average molecular weight is 332 g/mol. The van der Waals surface area contributed by atoms with Gasteiger partial charge in [-0.2, -0.15) is 0 Å². The van der Waals surface area contributed by atoms with Gasteiger partial charge in [0, 0.05) is 6.54 Å². The van der Waals surface area contributed by atoms with Crippen molar-refractivity contribution >= 4 is 17.5 Å². The highest BCUT2D eigenvalue weighted by atomic mass is 35.5. The van der Waals surface area contributed by atoms with Crippen molar-refractivity contribution in [3.8, 4) is 11.5 Å². The van der Waals surface area contributed by atoms with Crippen molar-refractivity contribution in [2.24, 2.45) is 0 Å². The quantitative estimate of drug-likeness (QED) is 0.935. The highest BCUT2D eigenvalue weighted by molar-refractivity contribution is 6.32. The molecule has 0 saturated heterocycles. The Labute approximate surface area is 140 Å². The third-order valence-corrected chi connectivity index (χ3v) is 3.87. The number of benzene rings is 2. The average Bonchev–Trinajstić information content (AvgIpc) is 2.53. The van der Waals surface area contributed by atoms with Gasteiger partial charge in [-0.15, -0.1) is 0 Å². The molecule has 0 spiro atoms. The van der Waals surface area contributed by atoms with Crippen LogP contribution in [0.1, 0.15) is 16.7 Å². The Balaban J connectivity index is 1.63. The molecule has 4 nitrogen and oxygen atoms in total. The Morgan fingerprint density at radius 1 is 1.17 bits per heavy atom. The normalized spacial score (nSPS) is 12.8. The second kappa shape index (κ2) is 6.92. The van der Waals surface area contributed by atoms with E-state index >= 15 is 0 Å². The first-order valence-corrected chi connectivity index (χ1v) is 7.90. The molecular formula is C18H18ClNO3. The number of carbonyl (C=O) groups excluding carboxylic acids is 1. The largest absolute Gasteiger partial charge is 0.486 e. The Morgan fingerprint density at radius 3 is 2.83 bits per heavy atom. The smallest absolute Gasteiger partial charge is 0.224 e. The number of fused-ring (bicyclic) bond motifs is 1. The number of aryl methyl sites for hydroxylation is 1. The minimum atomic E-state index is -0.0562. The number of rotatable bonds is 4. The monoisotopic (exact) mass is 331 g/mol. The first-order chi connectivity index (χ1) is 11.1. The number of hydrogen-bond donors (Lipinski definition) is 1. The molecule has 0 aromatic heterocycles. The van der Waals surface area contributed by atoms with Gasteiger partial charge in [0.15, 0.2) is 11.5 Å². The van der Waals surface area contributed by atoms with Crippen LogP contribution < -0.4 is 14.8 Å². The molecule has 1 N–H and O–H groups in total. The van der Waals surface area contributed by atoms with E-state index in [2.05, 4.69) is 11.4 Å². The van der Waals surface area contributed by atoms with Crippen LogP contribution >= 0.6 is 11.6 Å². The molecule has 2 aromatic rings. The van der Waals surface area contributed by atoms with Crippen LogP contribution in [-0.4, -0.2) is 19.1 Å². The Bertz CT molecular complexity index is 730. The molecule has 1 heterocycles. The van der Waals surface area contributed by atoms with E-state index in [9.17, 15) is 4.79 Å². The van der Waals surface area contributed by atoms with Gasteiger partial charge in [0.05, 0.1) is 11.4 Å². The van der Waals surface area contributed by atoms with Crippen LogP contribution in [0.4, 0.5) is 0 Å².